The highest BCUT2D eigenvalue weighted by Crippen LogP contribution is 2.47. The normalized spacial score (nSPS) is 20.3. The summed E-state index contributed by atoms with van der Waals surface area (Å²) in [4.78, 5) is 48.7. The fourth-order valence-electron chi connectivity index (χ4n) is 6.28. The highest BCUT2D eigenvalue weighted by molar-refractivity contribution is 5.92. The molecule has 12 heteroatoms. The highest BCUT2D eigenvalue weighted by atomic mass is 19.1. The standard InChI is InChI=1S/C32H32F2N8O2/c1-4-24(43)40-13-17(3)41(14-16(40)2)30-20-12-22(34)28(25-21(33)6-5-7-23(25)35)38-31(20)42(32(44)39-30)29-26(18-8-9-18)36-15-37-27(29)19-10-11-19/h4-7,12,15-19H,1,8-11,13-14,35H2,2-3H3. The number of anilines is 2. The maximum Gasteiger partial charge on any atom is 0.355 e. The van der Waals surface area contributed by atoms with E-state index in [0.717, 1.165) is 37.1 Å². The van der Waals surface area contributed by atoms with Crippen LogP contribution in [0.15, 0.2) is 48.0 Å². The molecule has 2 unspecified atom stereocenters. The second-order valence-electron chi connectivity index (χ2n) is 12.0. The molecule has 2 saturated carbocycles. The minimum atomic E-state index is -0.808. The molecule has 1 saturated heterocycles. The zero-order valence-electron chi connectivity index (χ0n) is 24.5. The van der Waals surface area contributed by atoms with Gasteiger partial charge in [-0.15, -0.1) is 0 Å². The van der Waals surface area contributed by atoms with Gasteiger partial charge in [0.25, 0.3) is 0 Å². The van der Waals surface area contributed by atoms with Crippen LogP contribution >= 0.6 is 0 Å². The maximum absolute atomic E-state index is 16.1. The van der Waals surface area contributed by atoms with Crippen LogP contribution in [-0.2, 0) is 4.79 Å². The van der Waals surface area contributed by atoms with Crippen molar-refractivity contribution < 1.29 is 13.6 Å². The van der Waals surface area contributed by atoms with Gasteiger partial charge in [0.1, 0.15) is 23.7 Å². The number of fused-ring (bicyclic) bond motifs is 1. The van der Waals surface area contributed by atoms with Gasteiger partial charge >= 0.3 is 5.69 Å². The van der Waals surface area contributed by atoms with Crippen LogP contribution in [0.1, 0.15) is 62.8 Å². The molecule has 3 fully saturated rings. The van der Waals surface area contributed by atoms with Gasteiger partial charge in [0.05, 0.1) is 28.0 Å². The third-order valence-electron chi connectivity index (χ3n) is 8.83. The monoisotopic (exact) mass is 598 g/mol. The topological polar surface area (TPSA) is 123 Å². The van der Waals surface area contributed by atoms with E-state index >= 15 is 8.78 Å². The second kappa shape index (κ2) is 10.5. The number of carbonyl (C=O) groups is 1. The fourth-order valence-corrected chi connectivity index (χ4v) is 6.28. The molecule has 4 aromatic rings. The number of aromatic nitrogens is 5. The molecular weight excluding hydrogens is 566 g/mol. The minimum Gasteiger partial charge on any atom is -0.398 e. The summed E-state index contributed by atoms with van der Waals surface area (Å²) in [7, 11) is 0. The van der Waals surface area contributed by atoms with E-state index in [1.165, 1.54) is 41.2 Å². The molecular formula is C32H32F2N8O2. The number of nitrogens with zero attached hydrogens (tertiary/aromatic N) is 7. The molecule has 7 rings (SSSR count). The molecule has 226 valence electrons. The Hall–Kier alpha value is -4.74. The van der Waals surface area contributed by atoms with Crippen LogP contribution < -0.4 is 16.3 Å². The van der Waals surface area contributed by atoms with E-state index in [0.29, 0.717) is 18.8 Å². The Bertz CT molecular complexity index is 1850. The molecule has 1 amide bonds. The average molecular weight is 599 g/mol. The average Bonchev–Trinajstić information content (AvgIpc) is 3.92. The molecule has 2 N–H and O–H groups in total. The fraction of sp³-hybridized carbons (Fsp3) is 0.375. The van der Waals surface area contributed by atoms with Gasteiger partial charge in [-0.05, 0) is 63.8 Å². The number of pyridine rings is 1. The van der Waals surface area contributed by atoms with Gasteiger partial charge in [-0.2, -0.15) is 4.98 Å². The Morgan fingerprint density at radius 3 is 2.30 bits per heavy atom. The number of hydrogen-bond acceptors (Lipinski definition) is 8. The first-order chi connectivity index (χ1) is 21.2. The Morgan fingerprint density at radius 1 is 1.00 bits per heavy atom. The Morgan fingerprint density at radius 2 is 1.68 bits per heavy atom. The Balaban J connectivity index is 1.51. The van der Waals surface area contributed by atoms with Crippen molar-refractivity contribution in [3.8, 4) is 16.9 Å². The molecule has 1 aliphatic heterocycles. The van der Waals surface area contributed by atoms with Crippen LogP contribution in [0.4, 0.5) is 20.3 Å². The lowest BCUT2D eigenvalue weighted by molar-refractivity contribution is -0.128. The molecule has 3 aliphatic rings. The van der Waals surface area contributed by atoms with Crippen LogP contribution in [0.2, 0.25) is 0 Å². The number of hydrogen-bond donors (Lipinski definition) is 1. The SMILES string of the molecule is C=CC(=O)N1CC(C)N(c2nc(=O)n(-c3c(C4CC4)ncnc3C3CC3)c3nc(-c4c(N)cccc4F)c(F)cc23)CC1C. The second-order valence-corrected chi connectivity index (χ2v) is 12.0. The van der Waals surface area contributed by atoms with Crippen molar-refractivity contribution >= 4 is 28.4 Å². The van der Waals surface area contributed by atoms with E-state index in [-0.39, 0.29) is 63.6 Å². The Kier molecular flexibility index (Phi) is 6.67. The molecule has 2 aliphatic carbocycles. The summed E-state index contributed by atoms with van der Waals surface area (Å²) in [5.41, 5.74) is 7.14. The highest BCUT2D eigenvalue weighted by Gasteiger charge is 2.38. The summed E-state index contributed by atoms with van der Waals surface area (Å²) in [6, 6.07) is 4.85. The number of amides is 1. The van der Waals surface area contributed by atoms with Crippen molar-refractivity contribution in [3.05, 3.63) is 76.8 Å². The van der Waals surface area contributed by atoms with E-state index in [2.05, 4.69) is 26.5 Å². The zero-order valence-corrected chi connectivity index (χ0v) is 24.5. The first kappa shape index (κ1) is 28.1. The quantitative estimate of drug-likeness (QED) is 0.255. The smallest absolute Gasteiger partial charge is 0.355 e. The molecule has 10 nitrogen and oxygen atoms in total. The van der Waals surface area contributed by atoms with Crippen LogP contribution in [0.5, 0.6) is 0 Å². The minimum absolute atomic E-state index is 0.0183. The molecule has 0 spiro atoms. The number of piperazine rings is 1. The van der Waals surface area contributed by atoms with Gasteiger partial charge in [-0.1, -0.05) is 12.6 Å². The predicted octanol–water partition coefficient (Wildman–Crippen LogP) is 4.46. The summed E-state index contributed by atoms with van der Waals surface area (Å²) >= 11 is 0. The maximum atomic E-state index is 16.1. The zero-order chi connectivity index (χ0) is 30.9. The molecule has 3 aromatic heterocycles. The molecule has 1 aromatic carbocycles. The van der Waals surface area contributed by atoms with Crippen LogP contribution in [0, 0.1) is 11.6 Å². The largest absolute Gasteiger partial charge is 0.398 e. The third-order valence-corrected chi connectivity index (χ3v) is 8.83. The van der Waals surface area contributed by atoms with Crippen molar-refractivity contribution in [2.45, 2.75) is 63.5 Å². The van der Waals surface area contributed by atoms with E-state index in [1.54, 1.807) is 4.90 Å². The van der Waals surface area contributed by atoms with Crippen molar-refractivity contribution in [3.63, 3.8) is 0 Å². The van der Waals surface area contributed by atoms with Crippen molar-refractivity contribution in [2.24, 2.45) is 0 Å². The van der Waals surface area contributed by atoms with Gasteiger partial charge in [0.15, 0.2) is 11.5 Å². The lowest BCUT2D eigenvalue weighted by Crippen LogP contribution is -2.58. The van der Waals surface area contributed by atoms with E-state index in [1.807, 2.05) is 18.7 Å². The number of benzene rings is 1. The Labute approximate surface area is 252 Å². The lowest BCUT2D eigenvalue weighted by Gasteiger charge is -2.44. The van der Waals surface area contributed by atoms with E-state index in [9.17, 15) is 9.59 Å². The third kappa shape index (κ3) is 4.59. The van der Waals surface area contributed by atoms with Crippen LogP contribution in [0.25, 0.3) is 28.0 Å². The van der Waals surface area contributed by atoms with Gasteiger partial charge < -0.3 is 15.5 Å². The number of carbonyl (C=O) groups excluding carboxylic acids is 1. The first-order valence-electron chi connectivity index (χ1n) is 14.9. The van der Waals surface area contributed by atoms with Gasteiger partial charge in [-0.25, -0.2) is 33.1 Å². The van der Waals surface area contributed by atoms with E-state index in [4.69, 9.17) is 5.73 Å². The molecule has 2 atom stereocenters. The first-order valence-corrected chi connectivity index (χ1v) is 14.9. The summed E-state index contributed by atoms with van der Waals surface area (Å²) in [5, 5.41) is 0.274. The van der Waals surface area contributed by atoms with Gasteiger partial charge in [-0.3, -0.25) is 4.79 Å². The lowest BCUT2D eigenvalue weighted by atomic mass is 10.1. The van der Waals surface area contributed by atoms with Crippen molar-refractivity contribution in [1.82, 2.24) is 29.4 Å². The predicted molar refractivity (Wildman–Crippen MR) is 163 cm³/mol. The van der Waals surface area contributed by atoms with E-state index < -0.39 is 17.3 Å². The number of nitrogen functional groups attached to an aromatic ring is 1. The number of rotatable bonds is 6. The molecule has 44 heavy (non-hydrogen) atoms. The molecule has 0 radical (unpaired) electrons. The van der Waals surface area contributed by atoms with Crippen molar-refractivity contribution in [1.29, 1.82) is 0 Å². The number of nitrogens with two attached hydrogens (primary N) is 1. The summed E-state index contributed by atoms with van der Waals surface area (Å²) in [5.74, 6) is -1.18. The van der Waals surface area contributed by atoms with Gasteiger partial charge in [0, 0.05) is 42.7 Å². The van der Waals surface area contributed by atoms with Crippen LogP contribution in [-0.4, -0.2) is 60.5 Å². The molecule has 4 heterocycles. The van der Waals surface area contributed by atoms with Gasteiger partial charge in [0.2, 0.25) is 5.91 Å². The summed E-state index contributed by atoms with van der Waals surface area (Å²) in [6.45, 7) is 8.10. The van der Waals surface area contributed by atoms with Crippen molar-refractivity contribution in [2.75, 3.05) is 23.7 Å². The molecule has 0 bridgehead atoms. The summed E-state index contributed by atoms with van der Waals surface area (Å²) in [6.07, 6.45) is 6.51. The summed E-state index contributed by atoms with van der Waals surface area (Å²) < 4.78 is 32.6. The van der Waals surface area contributed by atoms with Crippen LogP contribution in [0.3, 0.4) is 0 Å². The number of halogens is 2.